The minimum atomic E-state index is -2.31. The highest BCUT2D eigenvalue weighted by Gasteiger charge is 2.49. The van der Waals surface area contributed by atoms with Crippen molar-refractivity contribution >= 4 is 23.6 Å². The Labute approximate surface area is 166 Å². The van der Waals surface area contributed by atoms with Crippen LogP contribution in [-0.2, 0) is 16.0 Å². The van der Waals surface area contributed by atoms with Crippen molar-refractivity contribution in [2.24, 2.45) is 5.73 Å². The Hall–Kier alpha value is -3.46. The summed E-state index contributed by atoms with van der Waals surface area (Å²) in [6, 6.07) is 12.0. The third-order valence-corrected chi connectivity index (χ3v) is 4.53. The molecule has 1 aliphatic heterocycles. The first-order valence-electron chi connectivity index (χ1n) is 8.94. The Bertz CT molecular complexity index is 951. The Morgan fingerprint density at radius 3 is 2.72 bits per heavy atom. The molecule has 3 amide bonds. The van der Waals surface area contributed by atoms with E-state index < -0.39 is 23.7 Å². The fourth-order valence-corrected chi connectivity index (χ4v) is 3.04. The SMILES string of the molecule is NC(=O)c1cccc(N2CCC(O)(OC(=O)NCCc3cccc(F)c3)C2=O)c1. The van der Waals surface area contributed by atoms with Gasteiger partial charge < -0.3 is 25.8 Å². The zero-order valence-corrected chi connectivity index (χ0v) is 15.4. The van der Waals surface area contributed by atoms with Gasteiger partial charge in [0.2, 0.25) is 5.91 Å². The molecule has 0 aliphatic carbocycles. The van der Waals surface area contributed by atoms with E-state index >= 15 is 0 Å². The summed E-state index contributed by atoms with van der Waals surface area (Å²) >= 11 is 0. The fraction of sp³-hybridized carbons (Fsp3) is 0.250. The second kappa shape index (κ2) is 8.27. The van der Waals surface area contributed by atoms with Crippen molar-refractivity contribution in [3.8, 4) is 0 Å². The summed E-state index contributed by atoms with van der Waals surface area (Å²) in [5.41, 5.74) is 6.49. The molecule has 0 radical (unpaired) electrons. The summed E-state index contributed by atoms with van der Waals surface area (Å²) in [5, 5.41) is 12.9. The van der Waals surface area contributed by atoms with Crippen LogP contribution >= 0.6 is 0 Å². The summed E-state index contributed by atoms with van der Waals surface area (Å²) in [6.45, 7) is 0.227. The number of carbonyl (C=O) groups excluding carboxylic acids is 3. The van der Waals surface area contributed by atoms with Crippen LogP contribution in [0.3, 0.4) is 0 Å². The molecular formula is C20H20FN3O5. The van der Waals surface area contributed by atoms with Gasteiger partial charge in [-0.2, -0.15) is 0 Å². The maximum Gasteiger partial charge on any atom is 0.410 e. The van der Waals surface area contributed by atoms with Gasteiger partial charge in [0.15, 0.2) is 0 Å². The summed E-state index contributed by atoms with van der Waals surface area (Å²) in [5.74, 6) is -4.16. The third kappa shape index (κ3) is 4.69. The lowest BCUT2D eigenvalue weighted by atomic mass is 10.1. The smallest absolute Gasteiger partial charge is 0.407 e. The first-order valence-corrected chi connectivity index (χ1v) is 8.94. The topological polar surface area (TPSA) is 122 Å². The summed E-state index contributed by atoms with van der Waals surface area (Å²) in [7, 11) is 0. The van der Waals surface area contributed by atoms with Gasteiger partial charge in [-0.15, -0.1) is 0 Å². The maximum atomic E-state index is 13.1. The average molecular weight is 401 g/mol. The maximum absolute atomic E-state index is 13.1. The van der Waals surface area contributed by atoms with Crippen LogP contribution in [0.5, 0.6) is 0 Å². The van der Waals surface area contributed by atoms with Crippen LogP contribution in [0.4, 0.5) is 14.9 Å². The van der Waals surface area contributed by atoms with Crippen molar-refractivity contribution in [3.05, 3.63) is 65.5 Å². The summed E-state index contributed by atoms with van der Waals surface area (Å²) < 4.78 is 18.1. The number of carbonyl (C=O) groups is 3. The van der Waals surface area contributed by atoms with Crippen molar-refractivity contribution in [1.82, 2.24) is 5.32 Å². The van der Waals surface area contributed by atoms with Gasteiger partial charge >= 0.3 is 6.09 Å². The molecule has 1 fully saturated rings. The first kappa shape index (κ1) is 20.3. The number of halogens is 1. The quantitative estimate of drug-likeness (QED) is 0.630. The molecule has 0 aromatic heterocycles. The molecule has 4 N–H and O–H groups in total. The van der Waals surface area contributed by atoms with E-state index in [0.29, 0.717) is 17.7 Å². The Morgan fingerprint density at radius 2 is 2.00 bits per heavy atom. The van der Waals surface area contributed by atoms with Crippen LogP contribution < -0.4 is 16.0 Å². The lowest BCUT2D eigenvalue weighted by molar-refractivity contribution is -0.175. The molecule has 9 heteroatoms. The van der Waals surface area contributed by atoms with Gasteiger partial charge in [0.25, 0.3) is 11.7 Å². The van der Waals surface area contributed by atoms with Crippen molar-refractivity contribution < 1.29 is 28.6 Å². The number of hydrogen-bond acceptors (Lipinski definition) is 5. The van der Waals surface area contributed by atoms with Crippen LogP contribution in [0, 0.1) is 5.82 Å². The normalized spacial score (nSPS) is 18.6. The first-order chi connectivity index (χ1) is 13.8. The molecule has 8 nitrogen and oxygen atoms in total. The van der Waals surface area contributed by atoms with E-state index in [1.807, 2.05) is 0 Å². The third-order valence-electron chi connectivity index (χ3n) is 4.53. The predicted octanol–water partition coefficient (Wildman–Crippen LogP) is 1.32. The number of anilines is 1. The lowest BCUT2D eigenvalue weighted by Gasteiger charge is -2.22. The van der Waals surface area contributed by atoms with E-state index in [1.54, 1.807) is 24.3 Å². The largest absolute Gasteiger partial charge is 0.410 e. The Balaban J connectivity index is 1.58. The number of amides is 3. The summed E-state index contributed by atoms with van der Waals surface area (Å²) in [6.07, 6.45) is -0.750. The van der Waals surface area contributed by atoms with E-state index in [0.717, 1.165) is 0 Å². The van der Waals surface area contributed by atoms with Gasteiger partial charge in [-0.1, -0.05) is 18.2 Å². The van der Waals surface area contributed by atoms with Crippen LogP contribution in [0.25, 0.3) is 0 Å². The van der Waals surface area contributed by atoms with E-state index in [1.165, 1.54) is 29.2 Å². The van der Waals surface area contributed by atoms with Gasteiger partial charge in [0.1, 0.15) is 5.82 Å². The van der Waals surface area contributed by atoms with Crippen molar-refractivity contribution in [2.45, 2.75) is 18.6 Å². The van der Waals surface area contributed by atoms with E-state index in [-0.39, 0.29) is 30.9 Å². The Kier molecular flexibility index (Phi) is 5.79. The number of aliphatic hydroxyl groups is 1. The molecule has 152 valence electrons. The molecule has 1 aliphatic rings. The second-order valence-corrected chi connectivity index (χ2v) is 6.60. The number of hydrogen-bond donors (Lipinski definition) is 3. The van der Waals surface area contributed by atoms with Crippen LogP contribution in [0.1, 0.15) is 22.3 Å². The number of rotatable bonds is 6. The number of ether oxygens (including phenoxy) is 1. The van der Waals surface area contributed by atoms with Crippen molar-refractivity contribution in [2.75, 3.05) is 18.0 Å². The monoisotopic (exact) mass is 401 g/mol. The molecule has 0 saturated carbocycles. The van der Waals surface area contributed by atoms with Crippen molar-refractivity contribution in [1.29, 1.82) is 0 Å². The number of nitrogens with two attached hydrogens (primary N) is 1. The van der Waals surface area contributed by atoms with E-state index in [2.05, 4.69) is 5.32 Å². The molecule has 1 heterocycles. The van der Waals surface area contributed by atoms with E-state index in [4.69, 9.17) is 10.5 Å². The molecule has 29 heavy (non-hydrogen) atoms. The minimum absolute atomic E-state index is 0.0914. The molecule has 2 aromatic carbocycles. The average Bonchev–Trinajstić information content (AvgIpc) is 2.96. The van der Waals surface area contributed by atoms with Gasteiger partial charge in [-0.25, -0.2) is 9.18 Å². The van der Waals surface area contributed by atoms with Gasteiger partial charge in [-0.05, 0) is 42.3 Å². The standard InChI is InChI=1S/C20H20FN3O5/c21-15-5-1-3-13(11-15)7-9-23-19(27)29-20(28)8-10-24(18(20)26)16-6-2-4-14(12-16)17(22)25/h1-6,11-12,28H,7-10H2,(H2,22,25)(H,23,27). The molecular weight excluding hydrogens is 381 g/mol. The predicted molar refractivity (Wildman–Crippen MR) is 101 cm³/mol. The molecule has 1 atom stereocenters. The second-order valence-electron chi connectivity index (χ2n) is 6.60. The van der Waals surface area contributed by atoms with Crippen LogP contribution in [0.2, 0.25) is 0 Å². The van der Waals surface area contributed by atoms with E-state index in [9.17, 15) is 23.9 Å². The zero-order chi connectivity index (χ0) is 21.0. The highest BCUT2D eigenvalue weighted by molar-refractivity contribution is 6.02. The van der Waals surface area contributed by atoms with Crippen LogP contribution in [0.15, 0.2) is 48.5 Å². The number of nitrogens with one attached hydrogen (secondary N) is 1. The number of primary amides is 1. The number of nitrogens with zero attached hydrogens (tertiary/aromatic N) is 1. The molecule has 2 aromatic rings. The van der Waals surface area contributed by atoms with Gasteiger partial charge in [-0.3, -0.25) is 9.59 Å². The summed E-state index contributed by atoms with van der Waals surface area (Å²) in [4.78, 5) is 37.1. The Morgan fingerprint density at radius 1 is 1.24 bits per heavy atom. The molecule has 1 saturated heterocycles. The lowest BCUT2D eigenvalue weighted by Crippen LogP contribution is -2.46. The van der Waals surface area contributed by atoms with Gasteiger partial charge in [0, 0.05) is 30.8 Å². The number of benzene rings is 2. The number of alkyl carbamates (subject to hydrolysis) is 1. The molecule has 0 bridgehead atoms. The molecule has 0 spiro atoms. The molecule has 1 unspecified atom stereocenters. The van der Waals surface area contributed by atoms with Gasteiger partial charge in [0.05, 0.1) is 0 Å². The molecule has 3 rings (SSSR count). The van der Waals surface area contributed by atoms with Crippen molar-refractivity contribution in [3.63, 3.8) is 0 Å². The minimum Gasteiger partial charge on any atom is -0.407 e. The fourth-order valence-electron chi connectivity index (χ4n) is 3.04. The highest BCUT2D eigenvalue weighted by atomic mass is 19.1. The highest BCUT2D eigenvalue weighted by Crippen LogP contribution is 2.29. The van der Waals surface area contributed by atoms with Crippen LogP contribution in [-0.4, -0.2) is 41.9 Å². The zero-order valence-electron chi connectivity index (χ0n) is 15.4.